The van der Waals surface area contributed by atoms with Gasteiger partial charge < -0.3 is 20.3 Å². The second kappa shape index (κ2) is 7.06. The van der Waals surface area contributed by atoms with Crippen molar-refractivity contribution in [3.8, 4) is 11.5 Å². The molecule has 0 bridgehead atoms. The van der Waals surface area contributed by atoms with Crippen molar-refractivity contribution in [1.82, 2.24) is 5.32 Å². The Kier molecular flexibility index (Phi) is 5.14. The molecule has 2 aromatic rings. The molecule has 1 unspecified atom stereocenters. The molecule has 0 aromatic heterocycles. The van der Waals surface area contributed by atoms with Crippen LogP contribution in [0.15, 0.2) is 42.5 Å². The predicted molar refractivity (Wildman–Crippen MR) is 77.7 cm³/mol. The molecule has 0 radical (unpaired) electrons. The molecule has 4 nitrogen and oxygen atoms in total. The van der Waals surface area contributed by atoms with Crippen LogP contribution in [0.5, 0.6) is 11.5 Å². The van der Waals surface area contributed by atoms with Gasteiger partial charge in [-0.15, -0.1) is 0 Å². The number of aliphatic hydroxyl groups is 1. The van der Waals surface area contributed by atoms with Gasteiger partial charge in [-0.2, -0.15) is 0 Å². The Morgan fingerprint density at radius 1 is 1.19 bits per heavy atom. The van der Waals surface area contributed by atoms with Crippen LogP contribution in [0.1, 0.15) is 17.2 Å². The third-order valence-electron chi connectivity index (χ3n) is 3.21. The van der Waals surface area contributed by atoms with Gasteiger partial charge in [0.15, 0.2) is 11.5 Å². The number of rotatable bonds is 6. The highest BCUT2D eigenvalue weighted by Crippen LogP contribution is 2.29. The van der Waals surface area contributed by atoms with Crippen molar-refractivity contribution in [2.75, 3.05) is 13.7 Å². The van der Waals surface area contributed by atoms with E-state index in [9.17, 15) is 14.6 Å². The first kappa shape index (κ1) is 15.3. The van der Waals surface area contributed by atoms with Crippen molar-refractivity contribution in [3.63, 3.8) is 0 Å². The molecular weight excluding hydrogens is 273 g/mol. The largest absolute Gasteiger partial charge is 0.504 e. The van der Waals surface area contributed by atoms with E-state index in [1.54, 1.807) is 30.3 Å². The van der Waals surface area contributed by atoms with Gasteiger partial charge >= 0.3 is 0 Å². The van der Waals surface area contributed by atoms with E-state index in [0.29, 0.717) is 30.0 Å². The number of nitrogens with one attached hydrogen (secondary N) is 1. The van der Waals surface area contributed by atoms with Crippen LogP contribution in [-0.2, 0) is 6.54 Å². The minimum atomic E-state index is -0.738. The summed E-state index contributed by atoms with van der Waals surface area (Å²) in [5.41, 5.74) is 1.32. The minimum absolute atomic E-state index is 0.0868. The molecule has 0 saturated heterocycles. The summed E-state index contributed by atoms with van der Waals surface area (Å²) in [6.07, 6.45) is -0.738. The molecule has 21 heavy (non-hydrogen) atoms. The van der Waals surface area contributed by atoms with Gasteiger partial charge in [-0.05, 0) is 23.8 Å². The van der Waals surface area contributed by atoms with Crippen LogP contribution in [0, 0.1) is 5.82 Å². The van der Waals surface area contributed by atoms with Gasteiger partial charge in [-0.25, -0.2) is 4.39 Å². The Morgan fingerprint density at radius 3 is 2.57 bits per heavy atom. The summed E-state index contributed by atoms with van der Waals surface area (Å²) < 4.78 is 17.8. The summed E-state index contributed by atoms with van der Waals surface area (Å²) in [6.45, 7) is 0.684. The molecule has 0 saturated carbocycles. The zero-order valence-electron chi connectivity index (χ0n) is 11.7. The van der Waals surface area contributed by atoms with Crippen molar-refractivity contribution >= 4 is 0 Å². The molecular formula is C16H18FNO3. The Balaban J connectivity index is 1.91. The first-order valence-electron chi connectivity index (χ1n) is 6.61. The van der Waals surface area contributed by atoms with Gasteiger partial charge in [0.1, 0.15) is 5.82 Å². The SMILES string of the molecule is COc1cccc(CNCC(O)c2ccc(F)cc2)c1O. The van der Waals surface area contributed by atoms with Gasteiger partial charge in [-0.3, -0.25) is 0 Å². The molecule has 1 atom stereocenters. The maximum absolute atomic E-state index is 12.8. The molecule has 3 N–H and O–H groups in total. The highest BCUT2D eigenvalue weighted by Gasteiger charge is 2.09. The van der Waals surface area contributed by atoms with Crippen LogP contribution >= 0.6 is 0 Å². The molecule has 0 aliphatic carbocycles. The number of benzene rings is 2. The molecule has 0 fully saturated rings. The predicted octanol–water partition coefficient (Wildman–Crippen LogP) is 2.36. The maximum atomic E-state index is 12.8. The number of halogens is 1. The topological polar surface area (TPSA) is 61.7 Å². The van der Waals surface area contributed by atoms with Crippen molar-refractivity contribution in [1.29, 1.82) is 0 Å². The molecule has 2 rings (SSSR count). The molecule has 0 aliphatic rings. The third kappa shape index (κ3) is 3.93. The molecule has 2 aromatic carbocycles. The molecule has 0 heterocycles. The normalized spacial score (nSPS) is 12.1. The maximum Gasteiger partial charge on any atom is 0.162 e. The first-order valence-corrected chi connectivity index (χ1v) is 6.61. The Morgan fingerprint density at radius 2 is 1.90 bits per heavy atom. The van der Waals surface area contributed by atoms with Gasteiger partial charge in [0.05, 0.1) is 13.2 Å². The summed E-state index contributed by atoms with van der Waals surface area (Å²) in [7, 11) is 1.49. The number of aromatic hydroxyl groups is 1. The Hall–Kier alpha value is -2.11. The summed E-state index contributed by atoms with van der Waals surface area (Å²) >= 11 is 0. The zero-order valence-corrected chi connectivity index (χ0v) is 11.7. The highest BCUT2D eigenvalue weighted by atomic mass is 19.1. The van der Waals surface area contributed by atoms with Crippen molar-refractivity contribution in [2.45, 2.75) is 12.6 Å². The second-order valence-corrected chi connectivity index (χ2v) is 4.67. The third-order valence-corrected chi connectivity index (χ3v) is 3.21. The average molecular weight is 291 g/mol. The fourth-order valence-corrected chi connectivity index (χ4v) is 2.02. The zero-order chi connectivity index (χ0) is 15.2. The lowest BCUT2D eigenvalue weighted by atomic mass is 10.1. The van der Waals surface area contributed by atoms with Crippen LogP contribution in [-0.4, -0.2) is 23.9 Å². The van der Waals surface area contributed by atoms with Crippen LogP contribution in [0.2, 0.25) is 0 Å². The van der Waals surface area contributed by atoms with Crippen LogP contribution in [0.3, 0.4) is 0 Å². The monoisotopic (exact) mass is 291 g/mol. The van der Waals surface area contributed by atoms with E-state index in [0.717, 1.165) is 0 Å². The number of phenols is 1. The van der Waals surface area contributed by atoms with Gasteiger partial charge in [0, 0.05) is 18.7 Å². The molecule has 0 aliphatic heterocycles. The number of ether oxygens (including phenoxy) is 1. The van der Waals surface area contributed by atoms with Crippen molar-refractivity contribution in [2.24, 2.45) is 0 Å². The molecule has 5 heteroatoms. The fraction of sp³-hybridized carbons (Fsp3) is 0.250. The lowest BCUT2D eigenvalue weighted by Crippen LogP contribution is -2.21. The molecule has 112 valence electrons. The number of aliphatic hydroxyl groups excluding tert-OH is 1. The lowest BCUT2D eigenvalue weighted by Gasteiger charge is -2.13. The Bertz CT molecular complexity index is 587. The summed E-state index contributed by atoms with van der Waals surface area (Å²) in [5.74, 6) is 0.164. The molecule has 0 amide bonds. The first-order chi connectivity index (χ1) is 10.1. The summed E-state index contributed by atoms with van der Waals surface area (Å²) in [6, 6.07) is 10.9. The van der Waals surface area contributed by atoms with E-state index < -0.39 is 6.10 Å². The van der Waals surface area contributed by atoms with Gasteiger partial charge in [0.25, 0.3) is 0 Å². The van der Waals surface area contributed by atoms with Crippen LogP contribution in [0.4, 0.5) is 4.39 Å². The minimum Gasteiger partial charge on any atom is -0.504 e. The number of hydrogen-bond donors (Lipinski definition) is 3. The average Bonchev–Trinajstić information content (AvgIpc) is 2.49. The standard InChI is InChI=1S/C16H18FNO3/c1-21-15-4-2-3-12(16(15)20)9-18-10-14(19)11-5-7-13(17)8-6-11/h2-8,14,18-20H,9-10H2,1H3. The number of methoxy groups -OCH3 is 1. The van der Waals surface area contributed by atoms with E-state index in [2.05, 4.69) is 5.32 Å². The van der Waals surface area contributed by atoms with E-state index in [-0.39, 0.29) is 11.6 Å². The lowest BCUT2D eigenvalue weighted by molar-refractivity contribution is 0.174. The van der Waals surface area contributed by atoms with E-state index in [1.165, 1.54) is 19.2 Å². The van der Waals surface area contributed by atoms with Crippen molar-refractivity contribution in [3.05, 3.63) is 59.4 Å². The van der Waals surface area contributed by atoms with E-state index in [4.69, 9.17) is 4.74 Å². The summed E-state index contributed by atoms with van der Waals surface area (Å²) in [5, 5.41) is 23.0. The van der Waals surface area contributed by atoms with Crippen LogP contribution < -0.4 is 10.1 Å². The fourth-order valence-electron chi connectivity index (χ4n) is 2.02. The number of para-hydroxylation sites is 1. The number of phenolic OH excluding ortho intramolecular Hbond substituents is 1. The van der Waals surface area contributed by atoms with Gasteiger partial charge in [0.2, 0.25) is 0 Å². The van der Waals surface area contributed by atoms with Gasteiger partial charge in [-0.1, -0.05) is 24.3 Å². The highest BCUT2D eigenvalue weighted by molar-refractivity contribution is 5.45. The van der Waals surface area contributed by atoms with Crippen molar-refractivity contribution < 1.29 is 19.3 Å². The number of hydrogen-bond acceptors (Lipinski definition) is 4. The molecule has 0 spiro atoms. The van der Waals surface area contributed by atoms with Crippen LogP contribution in [0.25, 0.3) is 0 Å². The Labute approximate surface area is 122 Å². The van der Waals surface area contributed by atoms with E-state index in [1.807, 2.05) is 0 Å². The summed E-state index contributed by atoms with van der Waals surface area (Å²) in [4.78, 5) is 0. The smallest absolute Gasteiger partial charge is 0.162 e. The van der Waals surface area contributed by atoms with E-state index >= 15 is 0 Å². The second-order valence-electron chi connectivity index (χ2n) is 4.67. The quantitative estimate of drug-likeness (QED) is 0.764.